The fraction of sp³-hybridized carbons (Fsp3) is 0.333. The molecule has 98 valence electrons. The first-order valence-electron chi connectivity index (χ1n) is 6.19. The van der Waals surface area contributed by atoms with E-state index in [4.69, 9.17) is 5.11 Å². The first kappa shape index (κ1) is 13.3. The van der Waals surface area contributed by atoms with Crippen LogP contribution in [-0.4, -0.2) is 23.5 Å². The van der Waals surface area contributed by atoms with Crippen LogP contribution in [0.15, 0.2) is 18.2 Å². The Hall–Kier alpha value is -2.12. The molecule has 1 aliphatic rings. The summed E-state index contributed by atoms with van der Waals surface area (Å²) in [6.45, 7) is 1.90. The Bertz CT molecular complexity index is 565. The lowest BCUT2D eigenvalue weighted by atomic mass is 10.1. The van der Waals surface area contributed by atoms with Crippen molar-refractivity contribution < 1.29 is 14.7 Å². The molecular formula is C15H15NO3. The van der Waals surface area contributed by atoms with Crippen LogP contribution in [0.4, 0.5) is 5.69 Å². The highest BCUT2D eigenvalue weighted by atomic mass is 16.2. The molecule has 0 spiro atoms. The van der Waals surface area contributed by atoms with E-state index in [1.54, 1.807) is 12.1 Å². The third kappa shape index (κ3) is 2.83. The Labute approximate surface area is 112 Å². The van der Waals surface area contributed by atoms with Crippen LogP contribution in [0.3, 0.4) is 0 Å². The molecule has 0 aromatic heterocycles. The van der Waals surface area contributed by atoms with Gasteiger partial charge in [0.25, 0.3) is 0 Å². The number of rotatable bonds is 2. The summed E-state index contributed by atoms with van der Waals surface area (Å²) in [5.41, 5.74) is 2.16. The molecule has 1 N–H and O–H groups in total. The summed E-state index contributed by atoms with van der Waals surface area (Å²) in [6, 6.07) is 5.48. The summed E-state index contributed by atoms with van der Waals surface area (Å²) >= 11 is 0. The number of hydrogen-bond donors (Lipinski definition) is 1. The van der Waals surface area contributed by atoms with Gasteiger partial charge in [-0.05, 0) is 24.6 Å². The lowest BCUT2D eigenvalue weighted by molar-refractivity contribution is -0.121. The summed E-state index contributed by atoms with van der Waals surface area (Å²) in [7, 11) is 0. The van der Waals surface area contributed by atoms with Crippen LogP contribution in [0.25, 0.3) is 0 Å². The van der Waals surface area contributed by atoms with E-state index in [0.717, 1.165) is 5.56 Å². The lowest BCUT2D eigenvalue weighted by Crippen LogP contribution is -2.29. The number of hydrogen-bond acceptors (Lipinski definition) is 3. The molecule has 0 unspecified atom stereocenters. The second-order valence-electron chi connectivity index (χ2n) is 4.42. The van der Waals surface area contributed by atoms with Crippen LogP contribution in [0, 0.1) is 18.8 Å². The molecule has 0 radical (unpaired) electrons. The molecule has 1 heterocycles. The monoisotopic (exact) mass is 257 g/mol. The highest BCUT2D eigenvalue weighted by Crippen LogP contribution is 2.27. The van der Waals surface area contributed by atoms with Gasteiger partial charge in [0.15, 0.2) is 0 Å². The maximum absolute atomic E-state index is 11.8. The minimum absolute atomic E-state index is 0.00420. The fourth-order valence-electron chi connectivity index (χ4n) is 1.99. The van der Waals surface area contributed by atoms with Crippen LogP contribution in [0.5, 0.6) is 0 Å². The molecule has 0 saturated carbocycles. The second-order valence-corrected chi connectivity index (χ2v) is 4.42. The summed E-state index contributed by atoms with van der Waals surface area (Å²) < 4.78 is 0. The average Bonchev–Trinajstić information content (AvgIpc) is 2.71. The third-order valence-corrected chi connectivity index (χ3v) is 2.91. The summed E-state index contributed by atoms with van der Waals surface area (Å²) in [5, 5.41) is 8.73. The van der Waals surface area contributed by atoms with Crippen molar-refractivity contribution >= 4 is 17.5 Å². The largest absolute Gasteiger partial charge is 0.395 e. The van der Waals surface area contributed by atoms with Gasteiger partial charge in [-0.1, -0.05) is 17.9 Å². The zero-order valence-electron chi connectivity index (χ0n) is 10.8. The summed E-state index contributed by atoms with van der Waals surface area (Å²) in [5.74, 6) is 5.36. The molecule has 4 nitrogen and oxygen atoms in total. The fourth-order valence-corrected chi connectivity index (χ4v) is 1.99. The highest BCUT2D eigenvalue weighted by Gasteiger charge is 2.31. The molecule has 2 rings (SSSR count). The van der Waals surface area contributed by atoms with Crippen LogP contribution in [0.2, 0.25) is 0 Å². The van der Waals surface area contributed by atoms with Crippen molar-refractivity contribution in [2.24, 2.45) is 0 Å². The third-order valence-electron chi connectivity index (χ3n) is 2.91. The predicted octanol–water partition coefficient (Wildman–Crippen LogP) is 1.38. The van der Waals surface area contributed by atoms with E-state index in [1.807, 2.05) is 13.0 Å². The number of imide groups is 1. The van der Waals surface area contributed by atoms with Gasteiger partial charge in [0.1, 0.15) is 0 Å². The molecule has 4 heteroatoms. The van der Waals surface area contributed by atoms with Crippen LogP contribution < -0.4 is 4.90 Å². The van der Waals surface area contributed by atoms with E-state index in [1.165, 1.54) is 4.90 Å². The van der Waals surface area contributed by atoms with Gasteiger partial charge in [0.05, 0.1) is 12.3 Å². The van der Waals surface area contributed by atoms with E-state index in [-0.39, 0.29) is 31.3 Å². The molecule has 1 aromatic rings. The highest BCUT2D eigenvalue weighted by molar-refractivity contribution is 6.20. The van der Waals surface area contributed by atoms with Gasteiger partial charge in [-0.25, -0.2) is 4.90 Å². The van der Waals surface area contributed by atoms with E-state index in [0.29, 0.717) is 17.7 Å². The van der Waals surface area contributed by atoms with Gasteiger partial charge >= 0.3 is 0 Å². The Morgan fingerprint density at radius 2 is 1.95 bits per heavy atom. The Morgan fingerprint density at radius 1 is 1.26 bits per heavy atom. The van der Waals surface area contributed by atoms with Gasteiger partial charge < -0.3 is 5.11 Å². The normalized spacial score (nSPS) is 14.5. The topological polar surface area (TPSA) is 57.6 Å². The van der Waals surface area contributed by atoms with Crippen molar-refractivity contribution in [2.75, 3.05) is 11.5 Å². The minimum Gasteiger partial charge on any atom is -0.395 e. The first-order valence-corrected chi connectivity index (χ1v) is 6.19. The maximum Gasteiger partial charge on any atom is 0.234 e. The van der Waals surface area contributed by atoms with Gasteiger partial charge in [-0.2, -0.15) is 0 Å². The van der Waals surface area contributed by atoms with Gasteiger partial charge in [0, 0.05) is 24.8 Å². The zero-order valence-corrected chi connectivity index (χ0v) is 10.8. The molecule has 0 aliphatic carbocycles. The number of anilines is 1. The van der Waals surface area contributed by atoms with Crippen molar-refractivity contribution in [1.82, 2.24) is 0 Å². The molecule has 1 saturated heterocycles. The van der Waals surface area contributed by atoms with Crippen molar-refractivity contribution in [3.05, 3.63) is 29.3 Å². The van der Waals surface area contributed by atoms with Crippen molar-refractivity contribution in [1.29, 1.82) is 0 Å². The number of aliphatic hydroxyl groups is 1. The SMILES string of the molecule is Cc1ccc(C#CCCO)c(N2C(=O)CCC2=O)c1. The lowest BCUT2D eigenvalue weighted by Gasteiger charge is -2.16. The number of carbonyl (C=O) groups excluding carboxylic acids is 2. The number of carbonyl (C=O) groups is 2. The molecular weight excluding hydrogens is 242 g/mol. The Balaban J connectivity index is 2.43. The van der Waals surface area contributed by atoms with Crippen LogP contribution >= 0.6 is 0 Å². The zero-order chi connectivity index (χ0) is 13.8. The van der Waals surface area contributed by atoms with E-state index < -0.39 is 0 Å². The molecule has 0 bridgehead atoms. The molecule has 1 aliphatic heterocycles. The summed E-state index contributed by atoms with van der Waals surface area (Å²) in [4.78, 5) is 24.8. The minimum atomic E-state index is -0.180. The standard InChI is InChI=1S/C15H15NO3/c1-11-5-6-12(4-2-3-9-17)13(10-11)16-14(18)7-8-15(16)19/h5-6,10,17H,3,7-9H2,1H3. The first-order chi connectivity index (χ1) is 9.13. The van der Waals surface area contributed by atoms with E-state index in [9.17, 15) is 9.59 Å². The quantitative estimate of drug-likeness (QED) is 0.643. The number of amides is 2. The van der Waals surface area contributed by atoms with Gasteiger partial charge in [-0.3, -0.25) is 9.59 Å². The molecule has 2 amide bonds. The van der Waals surface area contributed by atoms with Crippen molar-refractivity contribution in [3.8, 4) is 11.8 Å². The van der Waals surface area contributed by atoms with Gasteiger partial charge in [0.2, 0.25) is 11.8 Å². The number of aryl methyl sites for hydroxylation is 1. The van der Waals surface area contributed by atoms with E-state index in [2.05, 4.69) is 11.8 Å². The van der Waals surface area contributed by atoms with Gasteiger partial charge in [-0.15, -0.1) is 0 Å². The second kappa shape index (κ2) is 5.68. The Morgan fingerprint density at radius 3 is 2.58 bits per heavy atom. The van der Waals surface area contributed by atoms with Crippen LogP contribution in [-0.2, 0) is 9.59 Å². The van der Waals surface area contributed by atoms with Crippen molar-refractivity contribution in [3.63, 3.8) is 0 Å². The predicted molar refractivity (Wildman–Crippen MR) is 71.5 cm³/mol. The smallest absolute Gasteiger partial charge is 0.234 e. The van der Waals surface area contributed by atoms with Crippen LogP contribution in [0.1, 0.15) is 30.4 Å². The molecule has 0 atom stereocenters. The molecule has 1 fully saturated rings. The Kier molecular flexibility index (Phi) is 3.98. The number of aliphatic hydroxyl groups excluding tert-OH is 1. The van der Waals surface area contributed by atoms with E-state index >= 15 is 0 Å². The molecule has 1 aromatic carbocycles. The summed E-state index contributed by atoms with van der Waals surface area (Å²) in [6.07, 6.45) is 0.891. The molecule has 19 heavy (non-hydrogen) atoms. The average molecular weight is 257 g/mol. The number of benzene rings is 1. The number of nitrogens with zero attached hydrogens (tertiary/aromatic N) is 1. The van der Waals surface area contributed by atoms with Crippen molar-refractivity contribution in [2.45, 2.75) is 26.2 Å². The maximum atomic E-state index is 11.8.